The van der Waals surface area contributed by atoms with Crippen LogP contribution in [0.25, 0.3) is 12.2 Å². The van der Waals surface area contributed by atoms with Crippen LogP contribution in [0.15, 0.2) is 53.4 Å². The quantitative estimate of drug-likeness (QED) is 0.544. The molecule has 2 aromatic carbocycles. The Labute approximate surface area is 107 Å². The van der Waals surface area contributed by atoms with Crippen molar-refractivity contribution in [1.82, 2.24) is 0 Å². The van der Waals surface area contributed by atoms with Crippen LogP contribution in [0.3, 0.4) is 0 Å². The SMILES string of the molecule is CSc1ccc(/C=C/c2ccc(C)cc2)cc1. The molecule has 0 saturated carbocycles. The molecule has 86 valence electrons. The second kappa shape index (κ2) is 5.74. The van der Waals surface area contributed by atoms with Gasteiger partial charge in [0.2, 0.25) is 0 Å². The van der Waals surface area contributed by atoms with Crippen LogP contribution in [-0.2, 0) is 0 Å². The van der Waals surface area contributed by atoms with E-state index in [-0.39, 0.29) is 0 Å². The lowest BCUT2D eigenvalue weighted by Gasteiger charge is -1.98. The molecular weight excluding hydrogens is 224 g/mol. The number of aryl methyl sites for hydroxylation is 1. The van der Waals surface area contributed by atoms with Gasteiger partial charge in [-0.05, 0) is 36.4 Å². The lowest BCUT2D eigenvalue weighted by Crippen LogP contribution is -1.75. The zero-order valence-corrected chi connectivity index (χ0v) is 11.0. The Balaban J connectivity index is 2.11. The minimum absolute atomic E-state index is 1.24. The molecule has 0 aliphatic heterocycles. The van der Waals surface area contributed by atoms with Gasteiger partial charge >= 0.3 is 0 Å². The first kappa shape index (κ1) is 12.0. The Kier molecular flexibility index (Phi) is 4.05. The molecule has 17 heavy (non-hydrogen) atoms. The van der Waals surface area contributed by atoms with Crippen LogP contribution in [0.2, 0.25) is 0 Å². The van der Waals surface area contributed by atoms with Crippen molar-refractivity contribution in [1.29, 1.82) is 0 Å². The number of rotatable bonds is 3. The zero-order valence-electron chi connectivity index (χ0n) is 10.2. The third kappa shape index (κ3) is 3.50. The van der Waals surface area contributed by atoms with Crippen LogP contribution in [0.4, 0.5) is 0 Å². The monoisotopic (exact) mass is 240 g/mol. The molecule has 0 nitrogen and oxygen atoms in total. The van der Waals surface area contributed by atoms with Crippen molar-refractivity contribution in [3.05, 3.63) is 65.2 Å². The first-order valence-corrected chi connectivity index (χ1v) is 6.89. The Morgan fingerprint density at radius 3 is 1.71 bits per heavy atom. The molecule has 0 spiro atoms. The van der Waals surface area contributed by atoms with E-state index < -0.39 is 0 Å². The average molecular weight is 240 g/mol. The number of benzene rings is 2. The van der Waals surface area contributed by atoms with Crippen molar-refractivity contribution in [3.8, 4) is 0 Å². The van der Waals surface area contributed by atoms with E-state index in [9.17, 15) is 0 Å². The Morgan fingerprint density at radius 2 is 1.24 bits per heavy atom. The number of thioether (sulfide) groups is 1. The van der Waals surface area contributed by atoms with Crippen molar-refractivity contribution in [2.24, 2.45) is 0 Å². The highest BCUT2D eigenvalue weighted by molar-refractivity contribution is 7.98. The van der Waals surface area contributed by atoms with E-state index >= 15 is 0 Å². The minimum atomic E-state index is 1.24. The van der Waals surface area contributed by atoms with Gasteiger partial charge in [-0.25, -0.2) is 0 Å². The van der Waals surface area contributed by atoms with E-state index in [1.54, 1.807) is 11.8 Å². The van der Waals surface area contributed by atoms with Crippen molar-refractivity contribution in [2.75, 3.05) is 6.26 Å². The summed E-state index contributed by atoms with van der Waals surface area (Å²) in [5.74, 6) is 0. The van der Waals surface area contributed by atoms with Crippen LogP contribution < -0.4 is 0 Å². The molecule has 2 aromatic rings. The summed E-state index contributed by atoms with van der Waals surface area (Å²) in [6, 6.07) is 17.2. The summed E-state index contributed by atoms with van der Waals surface area (Å²) in [6.45, 7) is 2.11. The van der Waals surface area contributed by atoms with E-state index in [0.29, 0.717) is 0 Å². The second-order valence-electron chi connectivity index (χ2n) is 4.02. The fourth-order valence-corrected chi connectivity index (χ4v) is 1.99. The molecule has 0 radical (unpaired) electrons. The summed E-state index contributed by atoms with van der Waals surface area (Å²) in [6.07, 6.45) is 6.39. The Bertz CT molecular complexity index is 492. The van der Waals surface area contributed by atoms with Crippen LogP contribution in [0.1, 0.15) is 16.7 Å². The van der Waals surface area contributed by atoms with E-state index in [4.69, 9.17) is 0 Å². The van der Waals surface area contributed by atoms with Gasteiger partial charge in [0.25, 0.3) is 0 Å². The van der Waals surface area contributed by atoms with Gasteiger partial charge in [0.1, 0.15) is 0 Å². The highest BCUT2D eigenvalue weighted by Crippen LogP contribution is 2.16. The fourth-order valence-electron chi connectivity index (χ4n) is 1.59. The van der Waals surface area contributed by atoms with Crippen LogP contribution in [-0.4, -0.2) is 6.26 Å². The van der Waals surface area contributed by atoms with Crippen LogP contribution >= 0.6 is 11.8 Å². The summed E-state index contributed by atoms with van der Waals surface area (Å²) in [7, 11) is 0. The van der Waals surface area contributed by atoms with Gasteiger partial charge in [-0.3, -0.25) is 0 Å². The van der Waals surface area contributed by atoms with Crippen molar-refractivity contribution >= 4 is 23.9 Å². The molecule has 0 saturated heterocycles. The minimum Gasteiger partial charge on any atom is -0.130 e. The molecule has 0 bridgehead atoms. The fraction of sp³-hybridized carbons (Fsp3) is 0.125. The summed E-state index contributed by atoms with van der Waals surface area (Å²) >= 11 is 1.77. The van der Waals surface area contributed by atoms with E-state index in [2.05, 4.69) is 73.9 Å². The normalized spacial score (nSPS) is 10.9. The summed E-state index contributed by atoms with van der Waals surface area (Å²) < 4.78 is 0. The molecular formula is C16H16S. The largest absolute Gasteiger partial charge is 0.130 e. The maximum atomic E-state index is 2.15. The Hall–Kier alpha value is -1.47. The molecule has 0 heterocycles. The molecule has 0 aromatic heterocycles. The highest BCUT2D eigenvalue weighted by atomic mass is 32.2. The lowest BCUT2D eigenvalue weighted by atomic mass is 10.1. The second-order valence-corrected chi connectivity index (χ2v) is 4.90. The molecule has 0 N–H and O–H groups in total. The Morgan fingerprint density at radius 1 is 0.765 bits per heavy atom. The topological polar surface area (TPSA) is 0 Å². The lowest BCUT2D eigenvalue weighted by molar-refractivity contribution is 1.45. The first-order chi connectivity index (χ1) is 8.28. The van der Waals surface area contributed by atoms with Gasteiger partial charge in [-0.2, -0.15) is 0 Å². The third-order valence-corrected chi connectivity index (χ3v) is 3.40. The molecule has 0 atom stereocenters. The smallest absolute Gasteiger partial charge is 0.00695 e. The van der Waals surface area contributed by atoms with E-state index in [0.717, 1.165) is 0 Å². The van der Waals surface area contributed by atoms with Crippen LogP contribution in [0, 0.1) is 6.92 Å². The van der Waals surface area contributed by atoms with Gasteiger partial charge < -0.3 is 0 Å². The molecule has 0 aliphatic carbocycles. The predicted octanol–water partition coefficient (Wildman–Crippen LogP) is 4.89. The average Bonchev–Trinajstić information content (AvgIpc) is 2.39. The molecule has 0 aliphatic rings. The first-order valence-electron chi connectivity index (χ1n) is 5.67. The molecule has 1 heteroatoms. The van der Waals surface area contributed by atoms with Gasteiger partial charge in [-0.1, -0.05) is 54.1 Å². The number of hydrogen-bond donors (Lipinski definition) is 0. The van der Waals surface area contributed by atoms with Gasteiger partial charge in [0, 0.05) is 4.90 Å². The third-order valence-electron chi connectivity index (χ3n) is 2.66. The summed E-state index contributed by atoms with van der Waals surface area (Å²) in [4.78, 5) is 1.30. The summed E-state index contributed by atoms with van der Waals surface area (Å²) in [5.41, 5.74) is 3.78. The van der Waals surface area contributed by atoms with E-state index in [1.165, 1.54) is 21.6 Å². The van der Waals surface area contributed by atoms with Crippen LogP contribution in [0.5, 0.6) is 0 Å². The maximum absolute atomic E-state index is 2.15. The summed E-state index contributed by atoms with van der Waals surface area (Å²) in [5, 5.41) is 0. The van der Waals surface area contributed by atoms with Gasteiger partial charge in [0.05, 0.1) is 0 Å². The zero-order chi connectivity index (χ0) is 12.1. The van der Waals surface area contributed by atoms with Crippen molar-refractivity contribution < 1.29 is 0 Å². The highest BCUT2D eigenvalue weighted by Gasteiger charge is 1.90. The standard InChI is InChI=1S/C16H16S/c1-13-3-5-14(6-4-13)7-8-15-9-11-16(17-2)12-10-15/h3-12H,1-2H3/b8-7+. The van der Waals surface area contributed by atoms with E-state index in [1.807, 2.05) is 0 Å². The molecule has 0 unspecified atom stereocenters. The van der Waals surface area contributed by atoms with Crippen molar-refractivity contribution in [2.45, 2.75) is 11.8 Å². The number of hydrogen-bond acceptors (Lipinski definition) is 1. The molecule has 2 rings (SSSR count). The predicted molar refractivity (Wildman–Crippen MR) is 78.3 cm³/mol. The molecule has 0 amide bonds. The molecule has 0 fully saturated rings. The maximum Gasteiger partial charge on any atom is 0.00695 e. The van der Waals surface area contributed by atoms with Gasteiger partial charge in [-0.15, -0.1) is 11.8 Å². The van der Waals surface area contributed by atoms with Crippen molar-refractivity contribution in [3.63, 3.8) is 0 Å². The van der Waals surface area contributed by atoms with Gasteiger partial charge in [0.15, 0.2) is 0 Å².